The first-order valence-electron chi connectivity index (χ1n) is 8.13. The Labute approximate surface area is 119 Å². The highest BCUT2D eigenvalue weighted by Crippen LogP contribution is 2.75. The van der Waals surface area contributed by atoms with E-state index in [1.165, 1.54) is 12.8 Å². The number of hydrogen-bond acceptors (Lipinski definition) is 0. The summed E-state index contributed by atoms with van der Waals surface area (Å²) in [5.74, 6) is 5.46. The van der Waals surface area contributed by atoms with E-state index in [1.54, 1.807) is 22.3 Å². The van der Waals surface area contributed by atoms with Gasteiger partial charge in [0, 0.05) is 11.8 Å². The summed E-state index contributed by atoms with van der Waals surface area (Å²) in [6.45, 7) is 0. The van der Waals surface area contributed by atoms with Gasteiger partial charge < -0.3 is 0 Å². The van der Waals surface area contributed by atoms with E-state index in [0.717, 1.165) is 23.7 Å². The summed E-state index contributed by atoms with van der Waals surface area (Å²) in [5.41, 5.74) is 6.61. The van der Waals surface area contributed by atoms with Gasteiger partial charge in [0.15, 0.2) is 0 Å². The summed E-state index contributed by atoms with van der Waals surface area (Å²) in [5, 5.41) is 0. The van der Waals surface area contributed by atoms with E-state index in [4.69, 9.17) is 0 Å². The van der Waals surface area contributed by atoms with Crippen LogP contribution in [0.25, 0.3) is 0 Å². The topological polar surface area (TPSA) is 0 Å². The van der Waals surface area contributed by atoms with E-state index in [0.29, 0.717) is 11.8 Å². The smallest absolute Gasteiger partial charge is 0.0129 e. The third-order valence-electron chi connectivity index (χ3n) is 6.46. The van der Waals surface area contributed by atoms with Crippen molar-refractivity contribution < 1.29 is 0 Å². The van der Waals surface area contributed by atoms with Crippen LogP contribution in [-0.4, -0.2) is 0 Å². The maximum absolute atomic E-state index is 2.40. The minimum atomic E-state index is 0.711. The number of rotatable bonds is 1. The third kappa shape index (κ3) is 1.04. The van der Waals surface area contributed by atoms with Crippen LogP contribution < -0.4 is 0 Å². The fraction of sp³-hybridized carbons (Fsp3) is 0.400. The Balaban J connectivity index is 1.63. The first-order chi connectivity index (χ1) is 9.95. The molecule has 5 aliphatic rings. The van der Waals surface area contributed by atoms with Gasteiger partial charge in [0.25, 0.3) is 0 Å². The quantitative estimate of drug-likeness (QED) is 0.704. The van der Waals surface area contributed by atoms with Crippen LogP contribution in [0.15, 0.2) is 48.5 Å². The third-order valence-corrected chi connectivity index (χ3v) is 6.46. The molecular formula is C20H18. The van der Waals surface area contributed by atoms with Gasteiger partial charge in [0.05, 0.1) is 0 Å². The van der Waals surface area contributed by atoms with Crippen LogP contribution in [0.1, 0.15) is 46.9 Å². The molecule has 0 aromatic heterocycles. The fourth-order valence-electron chi connectivity index (χ4n) is 5.70. The Morgan fingerprint density at radius 3 is 1.30 bits per heavy atom. The average molecular weight is 258 g/mol. The second kappa shape index (κ2) is 3.19. The minimum Gasteiger partial charge on any atom is -0.0620 e. The van der Waals surface area contributed by atoms with Crippen LogP contribution >= 0.6 is 0 Å². The van der Waals surface area contributed by atoms with E-state index in [2.05, 4.69) is 48.5 Å². The lowest BCUT2D eigenvalue weighted by Gasteiger charge is -2.39. The van der Waals surface area contributed by atoms with Crippen molar-refractivity contribution in [2.75, 3.05) is 0 Å². The van der Waals surface area contributed by atoms with Crippen LogP contribution in [0.4, 0.5) is 0 Å². The van der Waals surface area contributed by atoms with Gasteiger partial charge in [-0.2, -0.15) is 0 Å². The van der Waals surface area contributed by atoms with Crippen molar-refractivity contribution in [1.29, 1.82) is 0 Å². The molecule has 2 atom stereocenters. The molecule has 20 heavy (non-hydrogen) atoms. The molecule has 0 amide bonds. The molecule has 98 valence electrons. The monoisotopic (exact) mass is 258 g/mol. The van der Waals surface area contributed by atoms with Crippen molar-refractivity contribution in [2.24, 2.45) is 23.7 Å². The molecule has 0 heterocycles. The van der Waals surface area contributed by atoms with E-state index in [-0.39, 0.29) is 0 Å². The van der Waals surface area contributed by atoms with E-state index < -0.39 is 0 Å². The summed E-state index contributed by atoms with van der Waals surface area (Å²) >= 11 is 0. The highest BCUT2D eigenvalue weighted by atomic mass is 14.7. The molecule has 0 saturated heterocycles. The SMILES string of the molecule is c1ccc2c(c1)C1c3ccccc3C2C2C(C3CC3)C12. The summed E-state index contributed by atoms with van der Waals surface area (Å²) in [4.78, 5) is 0. The molecule has 0 radical (unpaired) electrons. The minimum absolute atomic E-state index is 0.711. The molecule has 0 aliphatic heterocycles. The average Bonchev–Trinajstić information content (AvgIpc) is 3.38. The van der Waals surface area contributed by atoms with E-state index >= 15 is 0 Å². The van der Waals surface area contributed by atoms with Gasteiger partial charge in [-0.25, -0.2) is 0 Å². The van der Waals surface area contributed by atoms with Crippen LogP contribution in [0.2, 0.25) is 0 Å². The summed E-state index contributed by atoms with van der Waals surface area (Å²) in [7, 11) is 0. The fourth-order valence-corrected chi connectivity index (χ4v) is 5.70. The normalized spacial score (nSPS) is 38.9. The molecule has 0 N–H and O–H groups in total. The van der Waals surface area contributed by atoms with Crippen molar-refractivity contribution in [3.8, 4) is 0 Å². The molecule has 2 unspecified atom stereocenters. The molecule has 2 aromatic carbocycles. The van der Waals surface area contributed by atoms with Gasteiger partial charge in [-0.3, -0.25) is 0 Å². The zero-order valence-corrected chi connectivity index (χ0v) is 11.5. The van der Waals surface area contributed by atoms with Crippen molar-refractivity contribution in [1.82, 2.24) is 0 Å². The zero-order valence-electron chi connectivity index (χ0n) is 11.5. The molecule has 0 spiro atoms. The second-order valence-electron chi connectivity index (χ2n) is 7.28. The van der Waals surface area contributed by atoms with Gasteiger partial charge in [0.1, 0.15) is 0 Å². The van der Waals surface area contributed by atoms with E-state index in [9.17, 15) is 0 Å². The second-order valence-corrected chi connectivity index (χ2v) is 7.28. The molecule has 0 nitrogen and oxygen atoms in total. The largest absolute Gasteiger partial charge is 0.0620 e. The molecule has 7 rings (SSSR count). The van der Waals surface area contributed by atoms with Crippen LogP contribution in [-0.2, 0) is 0 Å². The van der Waals surface area contributed by atoms with Gasteiger partial charge in [-0.05, 0) is 58.8 Å². The Kier molecular flexibility index (Phi) is 1.63. The molecule has 2 bridgehead atoms. The Morgan fingerprint density at radius 1 is 0.550 bits per heavy atom. The van der Waals surface area contributed by atoms with Gasteiger partial charge in [-0.1, -0.05) is 48.5 Å². The van der Waals surface area contributed by atoms with Crippen molar-refractivity contribution in [3.05, 3.63) is 70.8 Å². The van der Waals surface area contributed by atoms with Crippen molar-refractivity contribution in [3.63, 3.8) is 0 Å². The highest BCUT2D eigenvalue weighted by Gasteiger charge is 2.67. The Hall–Kier alpha value is -1.56. The molecule has 5 aliphatic carbocycles. The van der Waals surface area contributed by atoms with Gasteiger partial charge >= 0.3 is 0 Å². The maximum Gasteiger partial charge on any atom is 0.0129 e. The Morgan fingerprint density at radius 2 is 0.950 bits per heavy atom. The molecule has 2 aromatic rings. The summed E-state index contributed by atoms with van der Waals surface area (Å²) < 4.78 is 0. The van der Waals surface area contributed by atoms with Crippen LogP contribution in [0.3, 0.4) is 0 Å². The number of benzene rings is 2. The first-order valence-corrected chi connectivity index (χ1v) is 8.13. The molecular weight excluding hydrogens is 240 g/mol. The lowest BCUT2D eigenvalue weighted by molar-refractivity contribution is 0.491. The lowest BCUT2D eigenvalue weighted by atomic mass is 9.64. The first kappa shape index (κ1) is 10.2. The predicted octanol–water partition coefficient (Wildman–Crippen LogP) is 4.55. The summed E-state index contributed by atoms with van der Waals surface area (Å²) in [6.07, 6.45) is 3.01. The predicted molar refractivity (Wildman–Crippen MR) is 79.8 cm³/mol. The standard InChI is InChI=1S/C20H18/c1-2-6-13-12(5-1)17-14-7-3-4-8-15(14)18(13)20-16(19(17)20)11-9-10-11/h1-8,11,16-20H,9-10H2. The van der Waals surface area contributed by atoms with Crippen molar-refractivity contribution in [2.45, 2.75) is 24.7 Å². The Bertz CT molecular complexity index is 621. The zero-order chi connectivity index (χ0) is 12.8. The maximum atomic E-state index is 2.40. The lowest BCUT2D eigenvalue weighted by Crippen LogP contribution is -2.26. The van der Waals surface area contributed by atoms with Crippen molar-refractivity contribution >= 4 is 0 Å². The van der Waals surface area contributed by atoms with Crippen LogP contribution in [0, 0.1) is 23.7 Å². The number of hydrogen-bond donors (Lipinski definition) is 0. The van der Waals surface area contributed by atoms with Gasteiger partial charge in [-0.15, -0.1) is 0 Å². The summed E-state index contributed by atoms with van der Waals surface area (Å²) in [6, 6.07) is 18.6. The van der Waals surface area contributed by atoms with Crippen LogP contribution in [0.5, 0.6) is 0 Å². The molecule has 2 saturated carbocycles. The highest BCUT2D eigenvalue weighted by molar-refractivity contribution is 5.59. The van der Waals surface area contributed by atoms with E-state index in [1.807, 2.05) is 0 Å². The van der Waals surface area contributed by atoms with Gasteiger partial charge in [0.2, 0.25) is 0 Å². The molecule has 2 fully saturated rings. The molecule has 0 heteroatoms.